The fraction of sp³-hybridized carbons (Fsp3) is 0.348. The third-order valence-corrected chi connectivity index (χ3v) is 6.42. The quantitative estimate of drug-likeness (QED) is 0.555. The third kappa shape index (κ3) is 4.43. The number of piperazine rings is 1. The average Bonchev–Trinajstić information content (AvgIpc) is 2.83. The molecule has 2 N–H and O–H groups in total. The van der Waals surface area contributed by atoms with Crippen LogP contribution in [0.15, 0.2) is 40.9 Å². The van der Waals surface area contributed by atoms with Crippen molar-refractivity contribution in [1.29, 1.82) is 0 Å². The van der Waals surface area contributed by atoms with Crippen molar-refractivity contribution in [2.45, 2.75) is 12.8 Å². The number of halogens is 1. The Hall–Kier alpha value is -3.07. The lowest BCUT2D eigenvalue weighted by Gasteiger charge is -2.35. The van der Waals surface area contributed by atoms with Gasteiger partial charge in [0.1, 0.15) is 5.82 Å². The Bertz CT molecular complexity index is 1120. The van der Waals surface area contributed by atoms with Gasteiger partial charge in [0.25, 0.3) is 0 Å². The summed E-state index contributed by atoms with van der Waals surface area (Å²) < 4.78 is 11.5. The maximum absolute atomic E-state index is 12.6. The Morgan fingerprint density at radius 3 is 2.47 bits per heavy atom. The summed E-state index contributed by atoms with van der Waals surface area (Å²) in [5, 5.41) is 0.688. The van der Waals surface area contributed by atoms with E-state index < -0.39 is 0 Å². The average molecular weight is 500 g/mol. The van der Waals surface area contributed by atoms with Crippen LogP contribution in [0.4, 0.5) is 11.8 Å². The highest BCUT2D eigenvalue weighted by molar-refractivity contribution is 9.10. The highest BCUT2D eigenvalue weighted by atomic mass is 79.9. The number of aromatic nitrogens is 2. The minimum atomic E-state index is 0.173. The van der Waals surface area contributed by atoms with E-state index in [9.17, 15) is 4.79 Å². The summed E-state index contributed by atoms with van der Waals surface area (Å²) >= 11 is 3.57. The number of aryl methyl sites for hydroxylation is 1. The van der Waals surface area contributed by atoms with Crippen molar-refractivity contribution in [3.63, 3.8) is 0 Å². The van der Waals surface area contributed by atoms with Gasteiger partial charge in [0.2, 0.25) is 11.9 Å². The van der Waals surface area contributed by atoms with E-state index in [1.165, 1.54) is 5.56 Å². The van der Waals surface area contributed by atoms with E-state index in [-0.39, 0.29) is 5.91 Å². The summed E-state index contributed by atoms with van der Waals surface area (Å²) in [7, 11) is 3.15. The lowest BCUT2D eigenvalue weighted by molar-refractivity contribution is -0.131. The first-order valence-electron chi connectivity index (χ1n) is 10.5. The first-order chi connectivity index (χ1) is 15.5. The van der Waals surface area contributed by atoms with Crippen molar-refractivity contribution in [2.24, 2.45) is 0 Å². The molecule has 4 rings (SSSR count). The van der Waals surface area contributed by atoms with Crippen LogP contribution in [-0.2, 0) is 11.2 Å². The number of nitrogens with zero attached hydrogens (tertiary/aromatic N) is 4. The van der Waals surface area contributed by atoms with Gasteiger partial charge >= 0.3 is 0 Å². The predicted molar refractivity (Wildman–Crippen MR) is 128 cm³/mol. The fourth-order valence-corrected chi connectivity index (χ4v) is 4.55. The molecule has 0 unspecified atom stereocenters. The molecule has 1 aromatic heterocycles. The molecule has 0 saturated carbocycles. The molecule has 1 amide bonds. The second-order valence-corrected chi connectivity index (χ2v) is 8.38. The highest BCUT2D eigenvalue weighted by Crippen LogP contribution is 2.42. The molecule has 3 aromatic rings. The number of amides is 1. The van der Waals surface area contributed by atoms with Crippen LogP contribution >= 0.6 is 15.9 Å². The van der Waals surface area contributed by atoms with E-state index in [2.05, 4.69) is 37.9 Å². The van der Waals surface area contributed by atoms with Crippen molar-refractivity contribution in [3.05, 3.63) is 46.4 Å². The number of benzene rings is 2. The number of nitrogen functional groups attached to an aromatic ring is 1. The maximum atomic E-state index is 12.6. The highest BCUT2D eigenvalue weighted by Gasteiger charge is 2.24. The van der Waals surface area contributed by atoms with Crippen molar-refractivity contribution in [1.82, 2.24) is 14.9 Å². The van der Waals surface area contributed by atoms with E-state index >= 15 is 0 Å². The summed E-state index contributed by atoms with van der Waals surface area (Å²) in [6.07, 6.45) is 1.27. The number of hydrogen-bond acceptors (Lipinski definition) is 7. The minimum Gasteiger partial charge on any atom is -0.493 e. The molecule has 0 spiro atoms. The molecule has 1 fully saturated rings. The molecule has 1 saturated heterocycles. The van der Waals surface area contributed by atoms with Gasteiger partial charge in [-0.05, 0) is 34.0 Å². The molecule has 1 aliphatic rings. The topological polar surface area (TPSA) is 93.8 Å². The maximum Gasteiger partial charge on any atom is 0.228 e. The SMILES string of the molecule is COc1cc2c(N)nc(N3CCN(C(=O)CCc4ccccc4)CC3)nc2c(Br)c1OC. The van der Waals surface area contributed by atoms with Crippen LogP contribution in [0, 0.1) is 0 Å². The van der Waals surface area contributed by atoms with Crippen LogP contribution in [0.3, 0.4) is 0 Å². The number of carbonyl (C=O) groups excluding carboxylic acids is 1. The molecule has 9 heteroatoms. The Labute approximate surface area is 195 Å². The molecule has 0 bridgehead atoms. The summed E-state index contributed by atoms with van der Waals surface area (Å²) in [6, 6.07) is 11.9. The second kappa shape index (κ2) is 9.60. The summed E-state index contributed by atoms with van der Waals surface area (Å²) in [4.78, 5) is 25.9. The number of rotatable bonds is 6. The number of fused-ring (bicyclic) bond motifs is 1. The standard InChI is InChI=1S/C23H26BrN5O3/c1-31-17-14-16-20(19(24)21(17)32-2)26-23(27-22(16)25)29-12-10-28(11-13-29)18(30)9-8-15-6-4-3-5-7-15/h3-7,14H,8-13H2,1-2H3,(H2,25,26,27). The zero-order chi connectivity index (χ0) is 22.7. The van der Waals surface area contributed by atoms with Gasteiger partial charge in [-0.3, -0.25) is 4.79 Å². The van der Waals surface area contributed by atoms with Crippen LogP contribution in [0.1, 0.15) is 12.0 Å². The lowest BCUT2D eigenvalue weighted by Crippen LogP contribution is -2.49. The number of carbonyl (C=O) groups is 1. The summed E-state index contributed by atoms with van der Waals surface area (Å²) in [5.41, 5.74) is 8.10. The van der Waals surface area contributed by atoms with Gasteiger partial charge in [-0.25, -0.2) is 4.98 Å². The second-order valence-electron chi connectivity index (χ2n) is 7.58. The first-order valence-corrected chi connectivity index (χ1v) is 11.3. The molecule has 0 aliphatic carbocycles. The molecule has 168 valence electrons. The molecule has 0 atom stereocenters. The van der Waals surface area contributed by atoms with Crippen LogP contribution < -0.4 is 20.1 Å². The van der Waals surface area contributed by atoms with Gasteiger partial charge in [-0.2, -0.15) is 4.98 Å². The number of nitrogens with two attached hydrogens (primary N) is 1. The zero-order valence-corrected chi connectivity index (χ0v) is 19.8. The predicted octanol–water partition coefficient (Wildman–Crippen LogP) is 3.27. The van der Waals surface area contributed by atoms with Crippen molar-refractivity contribution < 1.29 is 14.3 Å². The smallest absolute Gasteiger partial charge is 0.228 e. The number of anilines is 2. The zero-order valence-electron chi connectivity index (χ0n) is 18.2. The number of ether oxygens (including phenoxy) is 2. The minimum absolute atomic E-state index is 0.173. The van der Waals surface area contributed by atoms with Gasteiger partial charge in [0.05, 0.1) is 24.2 Å². The largest absolute Gasteiger partial charge is 0.493 e. The number of methoxy groups -OCH3 is 2. The first kappa shape index (κ1) is 22.1. The fourth-order valence-electron chi connectivity index (χ4n) is 3.89. The molecule has 8 nitrogen and oxygen atoms in total. The van der Waals surface area contributed by atoms with Crippen LogP contribution in [0.2, 0.25) is 0 Å². The number of hydrogen-bond donors (Lipinski definition) is 1. The monoisotopic (exact) mass is 499 g/mol. The molecular formula is C23H26BrN5O3. The normalized spacial score (nSPS) is 14.0. The molecule has 1 aliphatic heterocycles. The molecule has 0 radical (unpaired) electrons. The molecule has 2 aromatic carbocycles. The van der Waals surface area contributed by atoms with E-state index in [1.807, 2.05) is 23.1 Å². The molecular weight excluding hydrogens is 474 g/mol. The van der Waals surface area contributed by atoms with Crippen LogP contribution in [-0.4, -0.2) is 61.2 Å². The third-order valence-electron chi connectivity index (χ3n) is 5.68. The van der Waals surface area contributed by atoms with E-state index in [0.717, 1.165) is 6.42 Å². The Morgan fingerprint density at radius 1 is 1.09 bits per heavy atom. The van der Waals surface area contributed by atoms with Crippen molar-refractivity contribution in [3.8, 4) is 11.5 Å². The van der Waals surface area contributed by atoms with E-state index in [4.69, 9.17) is 20.2 Å². The Morgan fingerprint density at radius 2 is 1.81 bits per heavy atom. The Balaban J connectivity index is 1.46. The van der Waals surface area contributed by atoms with Gasteiger partial charge in [0.15, 0.2) is 11.5 Å². The van der Waals surface area contributed by atoms with Gasteiger partial charge in [-0.1, -0.05) is 30.3 Å². The van der Waals surface area contributed by atoms with Crippen molar-refractivity contribution >= 4 is 44.5 Å². The van der Waals surface area contributed by atoms with E-state index in [1.54, 1.807) is 20.3 Å². The van der Waals surface area contributed by atoms with Crippen LogP contribution in [0.5, 0.6) is 11.5 Å². The van der Waals surface area contributed by atoms with Gasteiger partial charge < -0.3 is 25.0 Å². The lowest BCUT2D eigenvalue weighted by atomic mass is 10.1. The molecule has 32 heavy (non-hydrogen) atoms. The Kier molecular flexibility index (Phi) is 6.64. The molecule has 2 heterocycles. The van der Waals surface area contributed by atoms with Gasteiger partial charge in [-0.15, -0.1) is 0 Å². The summed E-state index contributed by atoms with van der Waals surface area (Å²) in [5.74, 6) is 2.19. The van der Waals surface area contributed by atoms with E-state index in [0.29, 0.717) is 71.2 Å². The van der Waals surface area contributed by atoms with Crippen molar-refractivity contribution in [2.75, 3.05) is 51.0 Å². The van der Waals surface area contributed by atoms with Gasteiger partial charge in [0, 0.05) is 38.0 Å². The summed E-state index contributed by atoms with van der Waals surface area (Å²) in [6.45, 7) is 2.55. The van der Waals surface area contributed by atoms with Crippen LogP contribution in [0.25, 0.3) is 10.9 Å².